The van der Waals surface area contributed by atoms with Crippen molar-refractivity contribution in [3.63, 3.8) is 0 Å². The normalized spacial score (nSPS) is 10.6. The van der Waals surface area contributed by atoms with Crippen molar-refractivity contribution in [3.8, 4) is 0 Å². The summed E-state index contributed by atoms with van der Waals surface area (Å²) in [7, 11) is 0. The molecule has 23 heavy (non-hydrogen) atoms. The largest absolute Gasteiger partial charge is 0.352 e. The summed E-state index contributed by atoms with van der Waals surface area (Å²) in [5.74, 6) is -0.793. The van der Waals surface area contributed by atoms with Gasteiger partial charge in [0.05, 0.1) is 12.5 Å². The number of amides is 2. The van der Waals surface area contributed by atoms with Crippen LogP contribution in [0.4, 0.5) is 0 Å². The SMILES string of the molecule is CC(C)NC(=O)CNC(=O)C(c1ccccc1)c1ccccc1. The van der Waals surface area contributed by atoms with Crippen LogP contribution in [0.5, 0.6) is 0 Å². The molecule has 2 amide bonds. The molecule has 0 aliphatic rings. The van der Waals surface area contributed by atoms with Crippen LogP contribution in [-0.4, -0.2) is 24.4 Å². The van der Waals surface area contributed by atoms with Crippen molar-refractivity contribution in [3.05, 3.63) is 71.8 Å². The Balaban J connectivity index is 2.15. The fourth-order valence-electron chi connectivity index (χ4n) is 2.43. The maximum Gasteiger partial charge on any atom is 0.239 e. The molecule has 0 atom stereocenters. The maximum absolute atomic E-state index is 12.6. The van der Waals surface area contributed by atoms with Gasteiger partial charge in [0.25, 0.3) is 0 Å². The summed E-state index contributed by atoms with van der Waals surface area (Å²) in [6, 6.07) is 19.2. The summed E-state index contributed by atoms with van der Waals surface area (Å²) in [6.07, 6.45) is 0. The lowest BCUT2D eigenvalue weighted by molar-refractivity contribution is -0.126. The Morgan fingerprint density at radius 1 is 0.870 bits per heavy atom. The molecular formula is C19H22N2O2. The van der Waals surface area contributed by atoms with Crippen LogP contribution in [0.1, 0.15) is 30.9 Å². The number of rotatable bonds is 6. The zero-order chi connectivity index (χ0) is 16.7. The van der Waals surface area contributed by atoms with Gasteiger partial charge in [-0.05, 0) is 25.0 Å². The van der Waals surface area contributed by atoms with Crippen molar-refractivity contribution >= 4 is 11.8 Å². The second-order valence-corrected chi connectivity index (χ2v) is 5.69. The van der Waals surface area contributed by atoms with Crippen LogP contribution >= 0.6 is 0 Å². The van der Waals surface area contributed by atoms with E-state index in [-0.39, 0.29) is 24.4 Å². The molecule has 0 heterocycles. The summed E-state index contributed by atoms with van der Waals surface area (Å²) in [5, 5.41) is 5.50. The first kappa shape index (κ1) is 16.7. The zero-order valence-electron chi connectivity index (χ0n) is 13.5. The maximum atomic E-state index is 12.6. The average Bonchev–Trinajstić information content (AvgIpc) is 2.55. The smallest absolute Gasteiger partial charge is 0.239 e. The van der Waals surface area contributed by atoms with Gasteiger partial charge < -0.3 is 10.6 Å². The van der Waals surface area contributed by atoms with E-state index in [0.717, 1.165) is 11.1 Å². The lowest BCUT2D eigenvalue weighted by Gasteiger charge is -2.18. The van der Waals surface area contributed by atoms with Crippen molar-refractivity contribution in [1.29, 1.82) is 0 Å². The third kappa shape index (κ3) is 4.95. The standard InChI is InChI=1S/C19H22N2O2/c1-14(2)21-17(22)13-20-19(23)18(15-9-5-3-6-10-15)16-11-7-4-8-12-16/h3-12,14,18H,13H2,1-2H3,(H,20,23)(H,21,22). The first-order valence-electron chi connectivity index (χ1n) is 7.75. The van der Waals surface area contributed by atoms with Gasteiger partial charge in [-0.25, -0.2) is 0 Å². The molecule has 0 aromatic heterocycles. The summed E-state index contributed by atoms with van der Waals surface area (Å²) < 4.78 is 0. The van der Waals surface area contributed by atoms with Gasteiger partial charge in [0, 0.05) is 6.04 Å². The van der Waals surface area contributed by atoms with Gasteiger partial charge in [-0.15, -0.1) is 0 Å². The Hall–Kier alpha value is -2.62. The molecule has 0 aliphatic heterocycles. The number of carbonyl (C=O) groups is 2. The third-order valence-electron chi connectivity index (χ3n) is 3.40. The summed E-state index contributed by atoms with van der Waals surface area (Å²) >= 11 is 0. The second-order valence-electron chi connectivity index (χ2n) is 5.69. The van der Waals surface area contributed by atoms with E-state index in [4.69, 9.17) is 0 Å². The molecule has 0 radical (unpaired) electrons. The van der Waals surface area contributed by atoms with Gasteiger partial charge in [-0.2, -0.15) is 0 Å². The van der Waals surface area contributed by atoms with E-state index >= 15 is 0 Å². The minimum atomic E-state index is -0.427. The average molecular weight is 310 g/mol. The zero-order valence-corrected chi connectivity index (χ0v) is 13.5. The van der Waals surface area contributed by atoms with E-state index in [2.05, 4.69) is 10.6 Å². The van der Waals surface area contributed by atoms with E-state index in [1.54, 1.807) is 0 Å². The van der Waals surface area contributed by atoms with Crippen LogP contribution in [-0.2, 0) is 9.59 Å². The molecule has 120 valence electrons. The molecule has 0 fully saturated rings. The monoisotopic (exact) mass is 310 g/mol. The highest BCUT2D eigenvalue weighted by Crippen LogP contribution is 2.24. The third-order valence-corrected chi connectivity index (χ3v) is 3.40. The van der Waals surface area contributed by atoms with Crippen LogP contribution in [0.2, 0.25) is 0 Å². The Kier molecular flexibility index (Phi) is 5.92. The van der Waals surface area contributed by atoms with Gasteiger partial charge >= 0.3 is 0 Å². The van der Waals surface area contributed by atoms with Crippen LogP contribution in [0.3, 0.4) is 0 Å². The van der Waals surface area contributed by atoms with Gasteiger partial charge in [0.15, 0.2) is 0 Å². The predicted octanol–water partition coefficient (Wildman–Crippen LogP) is 2.46. The van der Waals surface area contributed by atoms with Gasteiger partial charge in [-0.1, -0.05) is 60.7 Å². The molecule has 0 saturated heterocycles. The number of benzene rings is 2. The predicted molar refractivity (Wildman–Crippen MR) is 91.0 cm³/mol. The van der Waals surface area contributed by atoms with Crippen LogP contribution < -0.4 is 10.6 Å². The summed E-state index contributed by atoms with van der Waals surface area (Å²) in [4.78, 5) is 24.4. The van der Waals surface area contributed by atoms with Crippen LogP contribution in [0.25, 0.3) is 0 Å². The molecule has 4 heteroatoms. The lowest BCUT2D eigenvalue weighted by atomic mass is 9.90. The molecule has 0 saturated carbocycles. The van der Waals surface area contributed by atoms with E-state index in [1.165, 1.54) is 0 Å². The number of carbonyl (C=O) groups excluding carboxylic acids is 2. The van der Waals surface area contributed by atoms with Gasteiger partial charge in [-0.3, -0.25) is 9.59 Å². The summed E-state index contributed by atoms with van der Waals surface area (Å²) in [6.45, 7) is 3.75. The molecule has 0 spiro atoms. The van der Waals surface area contributed by atoms with Crippen molar-refractivity contribution in [2.45, 2.75) is 25.8 Å². The first-order valence-corrected chi connectivity index (χ1v) is 7.75. The molecule has 2 rings (SSSR count). The van der Waals surface area contributed by atoms with Crippen molar-refractivity contribution in [1.82, 2.24) is 10.6 Å². The fraction of sp³-hybridized carbons (Fsp3) is 0.263. The number of hydrogen-bond acceptors (Lipinski definition) is 2. The highest BCUT2D eigenvalue weighted by Gasteiger charge is 2.22. The molecular weight excluding hydrogens is 288 g/mol. The molecule has 0 unspecified atom stereocenters. The number of nitrogens with one attached hydrogen (secondary N) is 2. The van der Waals surface area contributed by atoms with Crippen LogP contribution in [0, 0.1) is 0 Å². The Bertz CT molecular complexity index is 599. The highest BCUT2D eigenvalue weighted by atomic mass is 16.2. The van der Waals surface area contributed by atoms with Crippen molar-refractivity contribution in [2.24, 2.45) is 0 Å². The quantitative estimate of drug-likeness (QED) is 0.861. The topological polar surface area (TPSA) is 58.2 Å². The summed E-state index contributed by atoms with van der Waals surface area (Å²) in [5.41, 5.74) is 1.81. The van der Waals surface area contributed by atoms with E-state index in [9.17, 15) is 9.59 Å². The minimum Gasteiger partial charge on any atom is -0.352 e. The molecule has 2 aromatic carbocycles. The van der Waals surface area contributed by atoms with Gasteiger partial charge in [0.2, 0.25) is 11.8 Å². The molecule has 0 bridgehead atoms. The Morgan fingerprint density at radius 3 is 1.78 bits per heavy atom. The fourth-order valence-corrected chi connectivity index (χ4v) is 2.43. The van der Waals surface area contributed by atoms with E-state index in [1.807, 2.05) is 74.5 Å². The van der Waals surface area contributed by atoms with E-state index in [0.29, 0.717) is 0 Å². The number of hydrogen-bond donors (Lipinski definition) is 2. The molecule has 4 nitrogen and oxygen atoms in total. The molecule has 2 N–H and O–H groups in total. The molecule has 0 aliphatic carbocycles. The Morgan fingerprint density at radius 2 is 1.35 bits per heavy atom. The van der Waals surface area contributed by atoms with E-state index < -0.39 is 5.92 Å². The second kappa shape index (κ2) is 8.13. The minimum absolute atomic E-state index is 0.0207. The van der Waals surface area contributed by atoms with Gasteiger partial charge in [0.1, 0.15) is 0 Å². The Labute approximate surface area is 136 Å². The first-order chi connectivity index (χ1) is 11.1. The highest BCUT2D eigenvalue weighted by molar-refractivity contribution is 5.90. The van der Waals surface area contributed by atoms with Crippen molar-refractivity contribution < 1.29 is 9.59 Å². The van der Waals surface area contributed by atoms with Crippen molar-refractivity contribution in [2.75, 3.05) is 6.54 Å². The lowest BCUT2D eigenvalue weighted by Crippen LogP contribution is -2.41. The van der Waals surface area contributed by atoms with Crippen LogP contribution in [0.15, 0.2) is 60.7 Å². The molecule has 2 aromatic rings.